The van der Waals surface area contributed by atoms with Crippen molar-refractivity contribution in [3.8, 4) is 58.2 Å². The Balaban J connectivity index is 0.000000200. The van der Waals surface area contributed by atoms with E-state index < -0.39 is 70.6 Å². The first kappa shape index (κ1) is 83.1. The number of aliphatic carboxylic acids is 1. The number of nitrogens with two attached hydrogens (primary N) is 3. The number of unbranched alkanes of at least 4 members (excludes halogenated alkanes) is 8. The molecule has 2 aromatic carbocycles. The molecule has 35 heteroatoms. The number of fused-ring (bicyclic) bond motifs is 4. The third kappa shape index (κ3) is 20.2. The number of imidazole rings is 2. The summed E-state index contributed by atoms with van der Waals surface area (Å²) in [5.74, 6) is 8.69. The van der Waals surface area contributed by atoms with Gasteiger partial charge in [0, 0.05) is 45.3 Å². The van der Waals surface area contributed by atoms with E-state index in [4.69, 9.17) is 46.0 Å². The molecule has 0 aliphatic carbocycles. The third-order valence-electron chi connectivity index (χ3n) is 18.8. The molecule has 0 radical (unpaired) electrons. The number of nitrogens with one attached hydrogen (secondary N) is 3. The summed E-state index contributed by atoms with van der Waals surface area (Å²) >= 11 is 0. The van der Waals surface area contributed by atoms with Gasteiger partial charge < -0.3 is 56.4 Å². The number of hydrogen-bond acceptors (Lipinski definition) is 27. The number of carbonyl (C=O) groups excluding carboxylic acids is 9. The normalized spacial score (nSPS) is 15.3. The Bertz CT molecular complexity index is 5060. The molecule has 4 aliphatic heterocycles. The molecule has 8 aromatic rings. The molecule has 6 aromatic heterocycles. The van der Waals surface area contributed by atoms with Crippen LogP contribution in [0.3, 0.4) is 0 Å². The monoisotopic (exact) mass is 1550 g/mol. The third-order valence-corrected chi connectivity index (χ3v) is 18.8. The Labute approximate surface area is 649 Å². The lowest BCUT2D eigenvalue weighted by Gasteiger charge is -2.27. The standard InChI is InChI=1S/C39H45N9O8.C23H30N6O5.C16H17N3O4/c1-4-47-33-27(22-42-25(18-19-39(2,3)54)31(33)44-35(47)32-34(40)46-56-45-32)55-21-9-7-5-6-8-15-28(49)41-20-11-13-23-12-10-14-24-30(23)38(53)48(37(24)52)26-16-17-29(50)43-36(26)51;1-4-29-20-16(33-13-9-7-5-6-8-10-17(30)31)14-25-15(11-12-23(2,3)32)18(20)26-22(29)19-21(24)28-34-27-19;17-8-2-4-9-3-1-5-10-13(9)16(23)19(15(10)22)11-6-7-12(20)18-14(11)21/h10,12,14,22,26,54H,4-9,11,13,15-17,20-21H2,1-3H3,(H2,40,46)(H,41,49)(H,43,50,51);14,32H,4-10,13H2,1-3H3,(H2,24,28)(H,30,31);1,3,5,11H,2,4,6-8,17H2,(H,18,20,21). The number of imide groups is 4. The quantitative estimate of drug-likeness (QED) is 0.0135. The van der Waals surface area contributed by atoms with Crippen LogP contribution in [0, 0.1) is 23.7 Å². The summed E-state index contributed by atoms with van der Waals surface area (Å²) in [6, 6.07) is 8.22. The van der Waals surface area contributed by atoms with E-state index in [1.807, 2.05) is 23.0 Å². The Morgan fingerprint density at radius 3 is 1.41 bits per heavy atom. The largest absolute Gasteiger partial charge is 0.490 e. The summed E-state index contributed by atoms with van der Waals surface area (Å²) in [5, 5.41) is 51.4. The van der Waals surface area contributed by atoms with Crippen molar-refractivity contribution in [2.75, 3.05) is 37.8 Å². The Hall–Kier alpha value is -12.3. The van der Waals surface area contributed by atoms with Crippen LogP contribution in [0.2, 0.25) is 0 Å². The highest BCUT2D eigenvalue weighted by atomic mass is 16.6. The van der Waals surface area contributed by atoms with Gasteiger partial charge in [-0.1, -0.05) is 74.6 Å². The number of anilines is 2. The van der Waals surface area contributed by atoms with Crippen LogP contribution in [0.15, 0.2) is 58.0 Å². The van der Waals surface area contributed by atoms with Crippen molar-refractivity contribution >= 4 is 92.8 Å². The molecule has 0 spiro atoms. The zero-order valence-corrected chi connectivity index (χ0v) is 63.8. The highest BCUT2D eigenvalue weighted by Crippen LogP contribution is 2.37. The zero-order valence-electron chi connectivity index (χ0n) is 63.8. The molecule has 2 fully saturated rings. The SMILES string of the molecule is CCn1c(-c2nonc2N)nc2c(C#CC(C)(C)O)ncc(OCCCCCCCC(=O)NCCCc3cccc4c3C(=O)N(C3CCC(=O)NC3=O)C4=O)c21.CCn1c(-c2nonc2N)nc2c(C#CC(C)(C)O)ncc(OCCCCCCCC(=O)O)c21.NCCCc1cccc2c1C(=O)N(C1CCC(=O)NC1=O)C2=O. The van der Waals surface area contributed by atoms with E-state index in [-0.39, 0.29) is 72.4 Å². The number of nitrogen functional groups attached to an aromatic ring is 2. The lowest BCUT2D eigenvalue weighted by atomic mass is 9.99. The fraction of sp³-hybridized carbons (Fsp3) is 0.462. The number of aryl methyl sites for hydroxylation is 4. The molecule has 9 amide bonds. The first-order valence-corrected chi connectivity index (χ1v) is 37.7. The molecule has 10 heterocycles. The molecular weight excluding hydrogens is 1460 g/mol. The first-order chi connectivity index (χ1) is 54.1. The molecule has 12 N–H and O–H groups in total. The number of carboxylic acid groups (broad SMARTS) is 1. The lowest BCUT2D eigenvalue weighted by Crippen LogP contribution is -2.54. The smallest absolute Gasteiger partial charge is 0.303 e. The van der Waals surface area contributed by atoms with E-state index in [9.17, 15) is 58.2 Å². The second kappa shape index (κ2) is 37.6. The Morgan fingerprint density at radius 2 is 1.01 bits per heavy atom. The molecular formula is C78H92N18O17. The summed E-state index contributed by atoms with van der Waals surface area (Å²) in [7, 11) is 0. The molecule has 35 nitrogen and oxygen atoms in total. The minimum absolute atomic E-state index is 0.0517. The molecule has 0 saturated carbocycles. The van der Waals surface area contributed by atoms with Gasteiger partial charge >= 0.3 is 5.97 Å². The second-order valence-electron chi connectivity index (χ2n) is 28.4. The Kier molecular flexibility index (Phi) is 27.7. The van der Waals surface area contributed by atoms with Crippen LogP contribution in [0.4, 0.5) is 11.6 Å². The van der Waals surface area contributed by atoms with Crippen LogP contribution in [-0.2, 0) is 54.7 Å². The topological polar surface area (TPSA) is 510 Å². The summed E-state index contributed by atoms with van der Waals surface area (Å²) in [6.45, 7) is 13.1. The van der Waals surface area contributed by atoms with Gasteiger partial charge in [0.05, 0.1) is 47.9 Å². The van der Waals surface area contributed by atoms with Crippen molar-refractivity contribution in [3.63, 3.8) is 0 Å². The van der Waals surface area contributed by atoms with Gasteiger partial charge in [0.2, 0.25) is 29.5 Å². The summed E-state index contributed by atoms with van der Waals surface area (Å²) < 4.78 is 25.6. The van der Waals surface area contributed by atoms with Crippen LogP contribution in [0.5, 0.6) is 11.5 Å². The van der Waals surface area contributed by atoms with E-state index in [1.165, 1.54) is 0 Å². The maximum absolute atomic E-state index is 13.3. The number of hydrogen-bond donors (Lipinski definition) is 9. The fourth-order valence-corrected chi connectivity index (χ4v) is 13.4. The maximum atomic E-state index is 13.3. The van der Waals surface area contributed by atoms with E-state index in [2.05, 4.69) is 75.2 Å². The van der Waals surface area contributed by atoms with Gasteiger partial charge in [0.15, 0.2) is 46.2 Å². The van der Waals surface area contributed by atoms with Gasteiger partial charge in [-0.2, -0.15) is 0 Å². The first-order valence-electron chi connectivity index (χ1n) is 37.7. The molecule has 2 unspecified atom stereocenters. The number of pyridine rings is 2. The fourth-order valence-electron chi connectivity index (χ4n) is 13.4. The molecule has 596 valence electrons. The van der Waals surface area contributed by atoms with E-state index >= 15 is 0 Å². The van der Waals surface area contributed by atoms with Crippen molar-refractivity contribution in [1.29, 1.82) is 0 Å². The summed E-state index contributed by atoms with van der Waals surface area (Å²) in [4.78, 5) is 142. The highest BCUT2D eigenvalue weighted by molar-refractivity contribution is 6.25. The number of benzene rings is 2. The number of carbonyl (C=O) groups is 10. The van der Waals surface area contributed by atoms with Crippen molar-refractivity contribution in [3.05, 3.63) is 93.6 Å². The minimum Gasteiger partial charge on any atom is -0.490 e. The number of piperidine rings is 2. The number of carboxylic acids is 1. The molecule has 2 saturated heterocycles. The van der Waals surface area contributed by atoms with Crippen LogP contribution < -0.4 is 42.6 Å². The van der Waals surface area contributed by atoms with Crippen molar-refractivity contribution < 1.29 is 82.0 Å². The molecule has 113 heavy (non-hydrogen) atoms. The average Bonchev–Trinajstić information content (AvgIpc) is 1.63. The van der Waals surface area contributed by atoms with Crippen LogP contribution in [-0.4, -0.2) is 184 Å². The average molecular weight is 1550 g/mol. The minimum atomic E-state index is -1.23. The Morgan fingerprint density at radius 1 is 0.584 bits per heavy atom. The van der Waals surface area contributed by atoms with Crippen molar-refractivity contribution in [1.82, 2.24) is 75.4 Å². The van der Waals surface area contributed by atoms with Gasteiger partial charge in [0.1, 0.15) is 56.7 Å². The van der Waals surface area contributed by atoms with Crippen molar-refractivity contribution in [2.45, 2.75) is 206 Å². The van der Waals surface area contributed by atoms with E-state index in [1.54, 1.807) is 76.5 Å². The number of ether oxygens (including phenoxy) is 2. The number of nitrogens with zero attached hydrogens (tertiary/aromatic N) is 12. The molecule has 2 atom stereocenters. The summed E-state index contributed by atoms with van der Waals surface area (Å²) in [6.07, 6.45) is 15.1. The zero-order chi connectivity index (χ0) is 81.3. The molecule has 0 bridgehead atoms. The highest BCUT2D eigenvalue weighted by Gasteiger charge is 2.47. The van der Waals surface area contributed by atoms with Crippen molar-refractivity contribution in [2.24, 2.45) is 5.73 Å². The maximum Gasteiger partial charge on any atom is 0.303 e. The second-order valence-corrected chi connectivity index (χ2v) is 28.4. The van der Waals surface area contributed by atoms with Crippen LogP contribution in [0.25, 0.3) is 45.1 Å². The van der Waals surface area contributed by atoms with Gasteiger partial charge in [-0.3, -0.25) is 68.4 Å². The van der Waals surface area contributed by atoms with E-state index in [0.717, 1.165) is 73.2 Å². The van der Waals surface area contributed by atoms with Gasteiger partial charge in [-0.15, -0.1) is 0 Å². The predicted octanol–water partition coefficient (Wildman–Crippen LogP) is 6.06. The number of rotatable bonds is 31. The van der Waals surface area contributed by atoms with Gasteiger partial charge in [-0.05, 0) is 168 Å². The molecule has 4 aliphatic rings. The van der Waals surface area contributed by atoms with E-state index in [0.29, 0.717) is 157 Å². The lowest BCUT2D eigenvalue weighted by molar-refractivity contribution is -0.138. The number of aromatic nitrogens is 10. The number of aliphatic hydroxyl groups is 2. The van der Waals surface area contributed by atoms with Gasteiger partial charge in [0.25, 0.3) is 23.6 Å². The van der Waals surface area contributed by atoms with Gasteiger partial charge in [-0.25, -0.2) is 29.2 Å². The number of amides is 9. The van der Waals surface area contributed by atoms with Crippen LogP contribution in [0.1, 0.15) is 221 Å². The summed E-state index contributed by atoms with van der Waals surface area (Å²) in [5.41, 5.74) is 21.3. The predicted molar refractivity (Wildman–Crippen MR) is 407 cm³/mol. The molecule has 12 rings (SSSR count). The van der Waals surface area contributed by atoms with Crippen LogP contribution >= 0.6 is 0 Å².